The molecular weight excluding hydrogens is 322 g/mol. The molecule has 0 spiro atoms. The quantitative estimate of drug-likeness (QED) is 0.406. The topological polar surface area (TPSA) is 112 Å². The molecule has 0 aromatic carbocycles. The molecule has 1 amide bonds. The lowest BCUT2D eigenvalue weighted by Crippen LogP contribution is -2.27. The molecule has 0 aliphatic carbocycles. The smallest absolute Gasteiger partial charge is 0.271 e. The zero-order valence-corrected chi connectivity index (χ0v) is 14.7. The number of nitrogens with zero attached hydrogens (tertiary/aromatic N) is 2. The molecular formula is C17H25N5O3. The van der Waals surface area contributed by atoms with E-state index in [4.69, 9.17) is 4.74 Å². The lowest BCUT2D eigenvalue weighted by molar-refractivity contribution is 0.0756. The number of aryl methyl sites for hydroxylation is 1. The number of carbonyl (C=O) groups excluding carboxylic acids is 1. The number of carbonyl (C=O) groups is 1. The number of aromatic nitrogens is 3. The van der Waals surface area contributed by atoms with E-state index in [1.165, 1.54) is 6.20 Å². The Hall–Kier alpha value is -2.45. The van der Waals surface area contributed by atoms with Crippen molar-refractivity contribution in [3.05, 3.63) is 41.5 Å². The lowest BCUT2D eigenvalue weighted by Gasteiger charge is -2.14. The number of hydrogen-bond acceptors (Lipinski definition) is 6. The summed E-state index contributed by atoms with van der Waals surface area (Å²) < 4.78 is 5.43. The number of anilines is 1. The van der Waals surface area contributed by atoms with Gasteiger partial charge in [-0.2, -0.15) is 5.10 Å². The average Bonchev–Trinajstić information content (AvgIpc) is 3.02. The van der Waals surface area contributed by atoms with E-state index in [1.807, 2.05) is 26.8 Å². The Morgan fingerprint density at radius 3 is 2.84 bits per heavy atom. The Kier molecular flexibility index (Phi) is 6.91. The molecule has 0 radical (unpaired) electrons. The second-order valence-electron chi connectivity index (χ2n) is 5.97. The maximum Gasteiger partial charge on any atom is 0.271 e. The van der Waals surface area contributed by atoms with Gasteiger partial charge in [0.05, 0.1) is 18.0 Å². The van der Waals surface area contributed by atoms with Crippen molar-refractivity contribution in [3.63, 3.8) is 0 Å². The molecule has 1 unspecified atom stereocenters. The zero-order valence-electron chi connectivity index (χ0n) is 14.7. The van der Waals surface area contributed by atoms with Crippen LogP contribution < -0.4 is 10.6 Å². The Balaban J connectivity index is 1.88. The van der Waals surface area contributed by atoms with Crippen molar-refractivity contribution in [2.45, 2.75) is 39.5 Å². The van der Waals surface area contributed by atoms with E-state index in [0.29, 0.717) is 24.4 Å². The molecule has 0 bridgehead atoms. The van der Waals surface area contributed by atoms with Crippen LogP contribution in [0.3, 0.4) is 0 Å². The van der Waals surface area contributed by atoms with Gasteiger partial charge in [0.25, 0.3) is 5.91 Å². The number of H-pyrrole nitrogens is 1. The van der Waals surface area contributed by atoms with Gasteiger partial charge in [0, 0.05) is 30.6 Å². The summed E-state index contributed by atoms with van der Waals surface area (Å²) in [5.41, 5.74) is 2.15. The second kappa shape index (κ2) is 9.14. The third-order valence-electron chi connectivity index (χ3n) is 3.47. The summed E-state index contributed by atoms with van der Waals surface area (Å²) in [4.78, 5) is 16.4. The number of pyridine rings is 1. The summed E-state index contributed by atoms with van der Waals surface area (Å²) in [7, 11) is 0. The Morgan fingerprint density at radius 1 is 1.36 bits per heavy atom. The van der Waals surface area contributed by atoms with Crippen molar-refractivity contribution in [2.24, 2.45) is 0 Å². The predicted octanol–water partition coefficient (Wildman–Crippen LogP) is 1.76. The van der Waals surface area contributed by atoms with E-state index in [-0.39, 0.29) is 17.7 Å². The standard InChI is InChI=1S/C17H25N5O3/c1-11(2)25-8-4-7-18-17(24)15-14(10-20-22-15)21-16(23)13-6-5-12(3)19-9-13/h5-6,9-11,16,21,23H,4,7-8H2,1-3H3,(H,18,24)(H,20,22). The third-order valence-corrected chi connectivity index (χ3v) is 3.47. The Morgan fingerprint density at radius 2 is 2.16 bits per heavy atom. The van der Waals surface area contributed by atoms with E-state index >= 15 is 0 Å². The fourth-order valence-corrected chi connectivity index (χ4v) is 2.12. The van der Waals surface area contributed by atoms with Gasteiger partial charge in [-0.1, -0.05) is 6.07 Å². The van der Waals surface area contributed by atoms with Crippen LogP contribution in [0.4, 0.5) is 5.69 Å². The van der Waals surface area contributed by atoms with Crippen LogP contribution >= 0.6 is 0 Å². The van der Waals surface area contributed by atoms with Gasteiger partial charge in [-0.15, -0.1) is 0 Å². The van der Waals surface area contributed by atoms with Crippen LogP contribution in [-0.2, 0) is 4.74 Å². The first kappa shape index (κ1) is 18.9. The van der Waals surface area contributed by atoms with Gasteiger partial charge < -0.3 is 20.5 Å². The molecule has 0 fully saturated rings. The van der Waals surface area contributed by atoms with Gasteiger partial charge in [0.15, 0.2) is 6.23 Å². The highest BCUT2D eigenvalue weighted by molar-refractivity contribution is 5.97. The maximum atomic E-state index is 12.2. The second-order valence-corrected chi connectivity index (χ2v) is 5.97. The van der Waals surface area contributed by atoms with E-state index in [2.05, 4.69) is 25.8 Å². The van der Waals surface area contributed by atoms with Crippen LogP contribution in [0.5, 0.6) is 0 Å². The minimum absolute atomic E-state index is 0.178. The van der Waals surface area contributed by atoms with E-state index < -0.39 is 6.23 Å². The SMILES string of the molecule is Cc1ccc(C(O)Nc2cn[nH]c2C(=O)NCCCOC(C)C)cn1. The molecule has 2 aromatic heterocycles. The number of nitrogens with one attached hydrogen (secondary N) is 3. The van der Waals surface area contributed by atoms with Crippen LogP contribution in [0.15, 0.2) is 24.5 Å². The normalized spacial score (nSPS) is 12.2. The van der Waals surface area contributed by atoms with Crippen LogP contribution in [-0.4, -0.2) is 45.5 Å². The van der Waals surface area contributed by atoms with Crippen molar-refractivity contribution >= 4 is 11.6 Å². The van der Waals surface area contributed by atoms with Crippen LogP contribution in [0.25, 0.3) is 0 Å². The Bertz CT molecular complexity index is 669. The molecule has 4 N–H and O–H groups in total. The first-order valence-electron chi connectivity index (χ1n) is 8.27. The Labute approximate surface area is 147 Å². The monoisotopic (exact) mass is 347 g/mol. The first-order chi connectivity index (χ1) is 12.0. The predicted molar refractivity (Wildman–Crippen MR) is 94.2 cm³/mol. The molecule has 0 saturated carbocycles. The fraction of sp³-hybridized carbons (Fsp3) is 0.471. The van der Waals surface area contributed by atoms with Crippen LogP contribution in [0.2, 0.25) is 0 Å². The molecule has 8 nitrogen and oxygen atoms in total. The lowest BCUT2D eigenvalue weighted by atomic mass is 10.2. The number of aliphatic hydroxyl groups is 1. The third kappa shape index (κ3) is 5.84. The molecule has 2 aromatic rings. The molecule has 8 heteroatoms. The van der Waals surface area contributed by atoms with Gasteiger partial charge in [-0.3, -0.25) is 14.9 Å². The number of rotatable bonds is 9. The largest absolute Gasteiger partial charge is 0.379 e. The van der Waals surface area contributed by atoms with Gasteiger partial charge in [0.1, 0.15) is 5.69 Å². The fourth-order valence-electron chi connectivity index (χ4n) is 2.12. The summed E-state index contributed by atoms with van der Waals surface area (Å²) in [5.74, 6) is -0.293. The van der Waals surface area contributed by atoms with Gasteiger partial charge in [-0.05, 0) is 33.3 Å². The number of aliphatic hydroxyl groups excluding tert-OH is 1. The molecule has 25 heavy (non-hydrogen) atoms. The summed E-state index contributed by atoms with van der Waals surface area (Å²) in [6.07, 6.45) is 2.95. The summed E-state index contributed by atoms with van der Waals surface area (Å²) in [6, 6.07) is 3.58. The van der Waals surface area contributed by atoms with E-state index in [1.54, 1.807) is 12.3 Å². The van der Waals surface area contributed by atoms with Crippen molar-refractivity contribution in [1.82, 2.24) is 20.5 Å². The number of aromatic amines is 1. The van der Waals surface area contributed by atoms with Gasteiger partial charge in [0.2, 0.25) is 0 Å². The van der Waals surface area contributed by atoms with E-state index in [9.17, 15) is 9.90 Å². The molecule has 0 aliphatic rings. The molecule has 2 heterocycles. The van der Waals surface area contributed by atoms with Crippen molar-refractivity contribution in [2.75, 3.05) is 18.5 Å². The minimum atomic E-state index is -0.989. The van der Waals surface area contributed by atoms with Gasteiger partial charge in [-0.25, -0.2) is 0 Å². The van der Waals surface area contributed by atoms with Crippen LogP contribution in [0.1, 0.15) is 48.2 Å². The molecule has 0 saturated heterocycles. The molecule has 136 valence electrons. The molecule has 2 rings (SSSR count). The summed E-state index contributed by atoms with van der Waals surface area (Å²) >= 11 is 0. The highest BCUT2D eigenvalue weighted by Gasteiger charge is 2.16. The van der Waals surface area contributed by atoms with Crippen molar-refractivity contribution < 1.29 is 14.6 Å². The summed E-state index contributed by atoms with van der Waals surface area (Å²) in [6.45, 7) is 6.89. The minimum Gasteiger partial charge on any atom is -0.379 e. The number of hydrogen-bond donors (Lipinski definition) is 4. The van der Waals surface area contributed by atoms with Crippen molar-refractivity contribution in [1.29, 1.82) is 0 Å². The zero-order chi connectivity index (χ0) is 18.2. The molecule has 0 aliphatic heterocycles. The van der Waals surface area contributed by atoms with Crippen LogP contribution in [0, 0.1) is 6.92 Å². The average molecular weight is 347 g/mol. The summed E-state index contributed by atoms with van der Waals surface area (Å²) in [5, 5.41) is 22.4. The van der Waals surface area contributed by atoms with Crippen molar-refractivity contribution in [3.8, 4) is 0 Å². The first-order valence-corrected chi connectivity index (χ1v) is 8.27. The highest BCUT2D eigenvalue weighted by atomic mass is 16.5. The number of ether oxygens (including phenoxy) is 1. The number of amides is 1. The van der Waals surface area contributed by atoms with E-state index in [0.717, 1.165) is 12.1 Å². The van der Waals surface area contributed by atoms with Gasteiger partial charge >= 0.3 is 0 Å². The maximum absolute atomic E-state index is 12.2. The molecule has 1 atom stereocenters. The highest BCUT2D eigenvalue weighted by Crippen LogP contribution is 2.19.